The van der Waals surface area contributed by atoms with Crippen LogP contribution in [0.15, 0.2) is 41.6 Å². The van der Waals surface area contributed by atoms with Gasteiger partial charge in [-0.1, -0.05) is 31.2 Å². The van der Waals surface area contributed by atoms with Gasteiger partial charge in [-0.05, 0) is 31.2 Å². The van der Waals surface area contributed by atoms with E-state index < -0.39 is 0 Å². The molecule has 0 spiro atoms. The van der Waals surface area contributed by atoms with Crippen molar-refractivity contribution >= 4 is 5.71 Å². The van der Waals surface area contributed by atoms with Gasteiger partial charge in [-0.3, -0.25) is 0 Å². The van der Waals surface area contributed by atoms with Crippen molar-refractivity contribution in [2.24, 2.45) is 10.6 Å². The van der Waals surface area contributed by atoms with Gasteiger partial charge in [-0.2, -0.15) is 0 Å². The second-order valence-corrected chi connectivity index (χ2v) is 4.58. The van der Waals surface area contributed by atoms with Gasteiger partial charge in [0.1, 0.15) is 5.75 Å². The molecule has 1 aromatic rings. The molecule has 0 saturated heterocycles. The zero-order valence-electron chi connectivity index (χ0n) is 10.8. The summed E-state index contributed by atoms with van der Waals surface area (Å²) in [7, 11) is 1.62. The van der Waals surface area contributed by atoms with Crippen LogP contribution in [0, 0.1) is 5.41 Å². The molecule has 1 N–H and O–H groups in total. The molecule has 0 radical (unpaired) electrons. The summed E-state index contributed by atoms with van der Waals surface area (Å²) in [6.45, 7) is 9.83. The predicted octanol–water partition coefficient (Wildman–Crippen LogP) is 3.48. The highest BCUT2D eigenvalue weighted by Gasteiger charge is 2.27. The number of methoxy groups -OCH3 is 1. The molecule has 0 saturated carbocycles. The molecule has 1 rings (SSSR count). The monoisotopic (exact) mass is 233 g/mol. The summed E-state index contributed by atoms with van der Waals surface area (Å²) in [5.74, 6) is 0.777. The Balaban J connectivity index is 3.15. The first-order chi connectivity index (χ1) is 7.93. The predicted molar refractivity (Wildman–Crippen MR) is 69.9 cm³/mol. The second-order valence-electron chi connectivity index (χ2n) is 4.58. The molecule has 17 heavy (non-hydrogen) atoms. The van der Waals surface area contributed by atoms with Crippen LogP contribution >= 0.6 is 0 Å². The number of nitrogens with zero attached hydrogens (tertiary/aromatic N) is 1. The number of oxime groups is 1. The third kappa shape index (κ3) is 2.67. The first-order valence-electron chi connectivity index (χ1n) is 5.46. The van der Waals surface area contributed by atoms with Gasteiger partial charge in [0.15, 0.2) is 0 Å². The first-order valence-corrected chi connectivity index (χ1v) is 5.46. The molecule has 0 aliphatic carbocycles. The Labute approximate surface area is 102 Å². The van der Waals surface area contributed by atoms with Crippen LogP contribution in [0.25, 0.3) is 0 Å². The van der Waals surface area contributed by atoms with Crippen LogP contribution in [0.5, 0.6) is 5.75 Å². The van der Waals surface area contributed by atoms with E-state index in [9.17, 15) is 5.21 Å². The fraction of sp³-hybridized carbons (Fsp3) is 0.357. The van der Waals surface area contributed by atoms with Crippen molar-refractivity contribution in [1.29, 1.82) is 0 Å². The van der Waals surface area contributed by atoms with E-state index in [0.717, 1.165) is 16.9 Å². The van der Waals surface area contributed by atoms with Gasteiger partial charge in [0.05, 0.1) is 12.8 Å². The summed E-state index contributed by atoms with van der Waals surface area (Å²) < 4.78 is 5.10. The van der Waals surface area contributed by atoms with Crippen molar-refractivity contribution in [2.45, 2.75) is 20.8 Å². The van der Waals surface area contributed by atoms with Gasteiger partial charge in [0, 0.05) is 11.0 Å². The number of ether oxygens (including phenoxy) is 1. The molecule has 3 heteroatoms. The van der Waals surface area contributed by atoms with Crippen molar-refractivity contribution in [3.63, 3.8) is 0 Å². The zero-order valence-corrected chi connectivity index (χ0v) is 10.8. The van der Waals surface area contributed by atoms with Crippen molar-refractivity contribution in [3.05, 3.63) is 42.0 Å². The Kier molecular flexibility index (Phi) is 3.94. The minimum absolute atomic E-state index is 0.372. The van der Waals surface area contributed by atoms with E-state index in [2.05, 4.69) is 11.7 Å². The Morgan fingerprint density at radius 3 is 2.18 bits per heavy atom. The highest BCUT2D eigenvalue weighted by atomic mass is 16.5. The van der Waals surface area contributed by atoms with Gasteiger partial charge in [0.25, 0.3) is 0 Å². The third-order valence-corrected chi connectivity index (χ3v) is 3.12. The van der Waals surface area contributed by atoms with Crippen LogP contribution in [0.2, 0.25) is 0 Å². The molecule has 1 aromatic carbocycles. The van der Waals surface area contributed by atoms with Gasteiger partial charge >= 0.3 is 0 Å². The second kappa shape index (κ2) is 5.04. The summed E-state index contributed by atoms with van der Waals surface area (Å²) in [4.78, 5) is 0. The summed E-state index contributed by atoms with van der Waals surface area (Å²) in [5.41, 5.74) is 2.04. The highest BCUT2D eigenvalue weighted by Crippen LogP contribution is 2.30. The van der Waals surface area contributed by atoms with Crippen molar-refractivity contribution in [3.8, 4) is 5.75 Å². The van der Waals surface area contributed by atoms with E-state index in [4.69, 9.17) is 4.74 Å². The first kappa shape index (κ1) is 13.3. The lowest BCUT2D eigenvalue weighted by atomic mass is 9.78. The molecule has 0 unspecified atom stereocenters. The maximum atomic E-state index is 9.21. The van der Waals surface area contributed by atoms with E-state index in [1.807, 2.05) is 45.0 Å². The molecule has 92 valence electrons. The number of rotatable bonds is 4. The molecular formula is C14H19NO2. The Bertz CT molecular complexity index is 430. The molecule has 0 fully saturated rings. The summed E-state index contributed by atoms with van der Waals surface area (Å²) in [6, 6.07) is 7.43. The minimum Gasteiger partial charge on any atom is -0.497 e. The van der Waals surface area contributed by atoms with Crippen LogP contribution in [0.1, 0.15) is 26.3 Å². The summed E-state index contributed by atoms with van der Waals surface area (Å²) >= 11 is 0. The van der Waals surface area contributed by atoms with Crippen molar-refractivity contribution in [1.82, 2.24) is 0 Å². The smallest absolute Gasteiger partial charge is 0.118 e. The standard InChI is InChI=1S/C14H19NO2/c1-10(2)14(3,4)13(15-16)11-6-8-12(17-5)9-7-11/h6-9,16H,1H2,2-5H3. The van der Waals surface area contributed by atoms with Gasteiger partial charge in [-0.15, -0.1) is 0 Å². The molecule has 0 aromatic heterocycles. The van der Waals surface area contributed by atoms with E-state index in [1.54, 1.807) is 7.11 Å². The fourth-order valence-corrected chi connectivity index (χ4v) is 1.49. The minimum atomic E-state index is -0.372. The van der Waals surface area contributed by atoms with Crippen molar-refractivity contribution < 1.29 is 9.94 Å². The van der Waals surface area contributed by atoms with Crippen LogP contribution in [0.4, 0.5) is 0 Å². The van der Waals surface area contributed by atoms with E-state index >= 15 is 0 Å². The third-order valence-electron chi connectivity index (χ3n) is 3.12. The van der Waals surface area contributed by atoms with Crippen LogP contribution in [-0.4, -0.2) is 18.0 Å². The van der Waals surface area contributed by atoms with Gasteiger partial charge < -0.3 is 9.94 Å². The molecule has 0 heterocycles. The summed E-state index contributed by atoms with van der Waals surface area (Å²) in [5, 5.41) is 12.6. The lowest BCUT2D eigenvalue weighted by Crippen LogP contribution is -2.26. The molecule has 0 atom stereocenters. The number of benzene rings is 1. The average Bonchev–Trinajstić information content (AvgIpc) is 2.30. The molecular weight excluding hydrogens is 214 g/mol. The molecule has 0 aliphatic heterocycles. The quantitative estimate of drug-likeness (QED) is 0.374. The number of hydrogen-bond donors (Lipinski definition) is 1. The van der Waals surface area contributed by atoms with E-state index in [-0.39, 0.29) is 5.41 Å². The molecule has 0 amide bonds. The Hall–Kier alpha value is -1.77. The lowest BCUT2D eigenvalue weighted by Gasteiger charge is -2.26. The SMILES string of the molecule is C=C(C)C(C)(C)C(=NO)c1ccc(OC)cc1. The fourth-order valence-electron chi connectivity index (χ4n) is 1.49. The van der Waals surface area contributed by atoms with Gasteiger partial charge in [0.2, 0.25) is 0 Å². The van der Waals surface area contributed by atoms with Crippen LogP contribution in [0.3, 0.4) is 0 Å². The van der Waals surface area contributed by atoms with Crippen LogP contribution < -0.4 is 4.74 Å². The maximum absolute atomic E-state index is 9.21. The topological polar surface area (TPSA) is 41.8 Å². The normalized spacial score (nSPS) is 12.4. The molecule has 0 bridgehead atoms. The Morgan fingerprint density at radius 1 is 1.29 bits per heavy atom. The maximum Gasteiger partial charge on any atom is 0.118 e. The number of allylic oxidation sites excluding steroid dienone is 1. The van der Waals surface area contributed by atoms with Crippen LogP contribution in [-0.2, 0) is 0 Å². The molecule has 0 aliphatic rings. The Morgan fingerprint density at radius 2 is 1.82 bits per heavy atom. The summed E-state index contributed by atoms with van der Waals surface area (Å²) in [6.07, 6.45) is 0. The lowest BCUT2D eigenvalue weighted by molar-refractivity contribution is 0.312. The van der Waals surface area contributed by atoms with Crippen molar-refractivity contribution in [2.75, 3.05) is 7.11 Å². The van der Waals surface area contributed by atoms with Gasteiger partial charge in [-0.25, -0.2) is 0 Å². The zero-order chi connectivity index (χ0) is 13.1. The van der Waals surface area contributed by atoms with E-state index in [1.165, 1.54) is 0 Å². The van der Waals surface area contributed by atoms with E-state index in [0.29, 0.717) is 5.71 Å². The largest absolute Gasteiger partial charge is 0.497 e. The average molecular weight is 233 g/mol. The highest BCUT2D eigenvalue weighted by molar-refractivity contribution is 6.05. The molecule has 3 nitrogen and oxygen atoms in total. The number of hydrogen-bond acceptors (Lipinski definition) is 3.